The van der Waals surface area contributed by atoms with Gasteiger partial charge >= 0.3 is 6.18 Å². The van der Waals surface area contributed by atoms with Gasteiger partial charge in [0.2, 0.25) is 0 Å². The van der Waals surface area contributed by atoms with Crippen LogP contribution in [-0.2, 0) is 6.18 Å². The van der Waals surface area contributed by atoms with E-state index >= 15 is 0 Å². The summed E-state index contributed by atoms with van der Waals surface area (Å²) in [4.78, 5) is 0. The van der Waals surface area contributed by atoms with Gasteiger partial charge in [-0.1, -0.05) is 12.1 Å². The highest BCUT2D eigenvalue weighted by Gasteiger charge is 2.34. The standard InChI is InChI=1S/C10H9F4N.ClH/c1-2-9(15)7-4-3-6(11)5-8(7)10(12,13)14;/h2-5,9H,1,15H2;1H/t9-;/m0./s1. The van der Waals surface area contributed by atoms with Gasteiger partial charge in [-0.15, -0.1) is 19.0 Å². The molecule has 0 aromatic heterocycles. The summed E-state index contributed by atoms with van der Waals surface area (Å²) in [5.41, 5.74) is 4.16. The molecule has 0 aliphatic rings. The van der Waals surface area contributed by atoms with Crippen LogP contribution in [0.1, 0.15) is 17.2 Å². The Morgan fingerprint density at radius 3 is 2.31 bits per heavy atom. The van der Waals surface area contributed by atoms with Gasteiger partial charge in [0.05, 0.1) is 5.56 Å². The van der Waals surface area contributed by atoms with E-state index in [1.165, 1.54) is 6.08 Å². The van der Waals surface area contributed by atoms with Gasteiger partial charge in [0.15, 0.2) is 0 Å². The van der Waals surface area contributed by atoms with Crippen LogP contribution in [0.15, 0.2) is 30.9 Å². The van der Waals surface area contributed by atoms with Gasteiger partial charge in [-0.3, -0.25) is 0 Å². The van der Waals surface area contributed by atoms with Gasteiger partial charge in [-0.2, -0.15) is 13.2 Å². The number of nitrogens with two attached hydrogens (primary N) is 1. The van der Waals surface area contributed by atoms with Crippen LogP contribution in [0.3, 0.4) is 0 Å². The molecule has 0 radical (unpaired) electrons. The Labute approximate surface area is 96.4 Å². The van der Waals surface area contributed by atoms with Crippen molar-refractivity contribution < 1.29 is 17.6 Å². The minimum Gasteiger partial charge on any atom is -0.321 e. The van der Waals surface area contributed by atoms with Gasteiger partial charge in [-0.05, 0) is 17.7 Å². The van der Waals surface area contributed by atoms with Gasteiger partial charge in [0.25, 0.3) is 0 Å². The fourth-order valence-electron chi connectivity index (χ4n) is 1.19. The van der Waals surface area contributed by atoms with Crippen molar-refractivity contribution >= 4 is 12.4 Å². The van der Waals surface area contributed by atoms with Gasteiger partial charge in [0.1, 0.15) is 5.82 Å². The Morgan fingerprint density at radius 2 is 1.88 bits per heavy atom. The molecule has 0 aliphatic heterocycles. The largest absolute Gasteiger partial charge is 0.416 e. The third-order valence-electron chi connectivity index (χ3n) is 1.93. The van der Waals surface area contributed by atoms with Crippen molar-refractivity contribution in [2.45, 2.75) is 12.2 Å². The molecule has 0 bridgehead atoms. The predicted octanol–water partition coefficient (Wildman–Crippen LogP) is 3.45. The highest BCUT2D eigenvalue weighted by atomic mass is 35.5. The zero-order valence-corrected chi connectivity index (χ0v) is 8.91. The maximum Gasteiger partial charge on any atom is 0.416 e. The fourth-order valence-corrected chi connectivity index (χ4v) is 1.19. The quantitative estimate of drug-likeness (QED) is 0.636. The predicted molar refractivity (Wildman–Crippen MR) is 55.8 cm³/mol. The van der Waals surface area contributed by atoms with Crippen LogP contribution < -0.4 is 5.73 Å². The highest BCUT2D eigenvalue weighted by molar-refractivity contribution is 5.85. The van der Waals surface area contributed by atoms with Crippen molar-refractivity contribution in [2.75, 3.05) is 0 Å². The number of halogens is 5. The van der Waals surface area contributed by atoms with E-state index in [4.69, 9.17) is 5.73 Å². The van der Waals surface area contributed by atoms with E-state index in [0.29, 0.717) is 6.07 Å². The first-order chi connectivity index (χ1) is 6.86. The lowest BCUT2D eigenvalue weighted by Crippen LogP contribution is -2.16. The molecule has 90 valence electrons. The Bertz CT molecular complexity index is 376. The monoisotopic (exact) mass is 255 g/mol. The molecule has 0 saturated carbocycles. The Kier molecular flexibility index (Phi) is 4.96. The summed E-state index contributed by atoms with van der Waals surface area (Å²) in [6, 6.07) is 1.43. The summed E-state index contributed by atoms with van der Waals surface area (Å²) in [6.45, 7) is 3.30. The Balaban J connectivity index is 0.00000225. The van der Waals surface area contributed by atoms with Crippen molar-refractivity contribution in [3.8, 4) is 0 Å². The van der Waals surface area contributed by atoms with Crippen LogP contribution in [0.2, 0.25) is 0 Å². The lowest BCUT2D eigenvalue weighted by molar-refractivity contribution is -0.138. The molecule has 16 heavy (non-hydrogen) atoms. The highest BCUT2D eigenvalue weighted by Crippen LogP contribution is 2.34. The van der Waals surface area contributed by atoms with Crippen molar-refractivity contribution in [1.29, 1.82) is 0 Å². The molecule has 0 aliphatic carbocycles. The normalized spacial score (nSPS) is 12.8. The maximum absolute atomic E-state index is 12.7. The minimum atomic E-state index is -4.61. The van der Waals surface area contributed by atoms with Crippen LogP contribution in [0.25, 0.3) is 0 Å². The van der Waals surface area contributed by atoms with E-state index < -0.39 is 23.6 Å². The molecule has 1 aromatic carbocycles. The van der Waals surface area contributed by atoms with Crippen molar-refractivity contribution in [3.63, 3.8) is 0 Å². The van der Waals surface area contributed by atoms with E-state index in [1.54, 1.807) is 0 Å². The number of hydrogen-bond acceptors (Lipinski definition) is 1. The van der Waals surface area contributed by atoms with E-state index in [0.717, 1.165) is 12.1 Å². The molecule has 0 amide bonds. The number of hydrogen-bond donors (Lipinski definition) is 1. The average molecular weight is 256 g/mol. The zero-order valence-electron chi connectivity index (χ0n) is 8.09. The maximum atomic E-state index is 12.7. The number of benzene rings is 1. The molecular weight excluding hydrogens is 246 g/mol. The molecular formula is C10H10ClF4N. The Morgan fingerprint density at radius 1 is 1.31 bits per heavy atom. The molecule has 0 saturated heterocycles. The van der Waals surface area contributed by atoms with E-state index in [1.807, 2.05) is 0 Å². The number of alkyl halides is 3. The first-order valence-electron chi connectivity index (χ1n) is 4.11. The average Bonchev–Trinajstić information content (AvgIpc) is 2.15. The van der Waals surface area contributed by atoms with E-state index in [-0.39, 0.29) is 18.0 Å². The summed E-state index contributed by atoms with van der Waals surface area (Å²) >= 11 is 0. The first kappa shape index (κ1) is 14.9. The summed E-state index contributed by atoms with van der Waals surface area (Å²) in [7, 11) is 0. The second-order valence-electron chi connectivity index (χ2n) is 2.99. The van der Waals surface area contributed by atoms with E-state index in [2.05, 4.69) is 6.58 Å². The summed E-state index contributed by atoms with van der Waals surface area (Å²) in [5.74, 6) is -0.942. The molecule has 0 spiro atoms. The molecule has 0 fully saturated rings. The first-order valence-corrected chi connectivity index (χ1v) is 4.11. The third-order valence-corrected chi connectivity index (χ3v) is 1.93. The second-order valence-corrected chi connectivity index (χ2v) is 2.99. The van der Waals surface area contributed by atoms with Gasteiger partial charge < -0.3 is 5.73 Å². The molecule has 0 heterocycles. The molecule has 1 rings (SSSR count). The summed E-state index contributed by atoms with van der Waals surface area (Å²) in [6.07, 6.45) is -3.44. The molecule has 2 N–H and O–H groups in total. The SMILES string of the molecule is C=C[C@H](N)c1ccc(F)cc1C(F)(F)F.Cl. The molecule has 1 aromatic rings. The fraction of sp³-hybridized carbons (Fsp3) is 0.200. The summed E-state index contributed by atoms with van der Waals surface area (Å²) < 4.78 is 50.1. The lowest BCUT2D eigenvalue weighted by Gasteiger charge is -2.15. The van der Waals surface area contributed by atoms with Gasteiger partial charge in [-0.25, -0.2) is 4.39 Å². The van der Waals surface area contributed by atoms with Crippen LogP contribution in [0.5, 0.6) is 0 Å². The third kappa shape index (κ3) is 3.21. The topological polar surface area (TPSA) is 26.0 Å². The van der Waals surface area contributed by atoms with Crippen molar-refractivity contribution in [1.82, 2.24) is 0 Å². The van der Waals surface area contributed by atoms with Crippen LogP contribution in [-0.4, -0.2) is 0 Å². The smallest absolute Gasteiger partial charge is 0.321 e. The second kappa shape index (κ2) is 5.32. The zero-order chi connectivity index (χ0) is 11.6. The number of rotatable bonds is 2. The van der Waals surface area contributed by atoms with Crippen molar-refractivity contribution in [3.05, 3.63) is 47.8 Å². The van der Waals surface area contributed by atoms with Crippen LogP contribution in [0, 0.1) is 5.82 Å². The molecule has 1 nitrogen and oxygen atoms in total. The summed E-state index contributed by atoms with van der Waals surface area (Å²) in [5, 5.41) is 0. The van der Waals surface area contributed by atoms with Gasteiger partial charge in [0, 0.05) is 6.04 Å². The molecule has 0 unspecified atom stereocenters. The molecule has 6 heteroatoms. The van der Waals surface area contributed by atoms with E-state index in [9.17, 15) is 17.6 Å². The lowest BCUT2D eigenvalue weighted by atomic mass is 10.0. The van der Waals surface area contributed by atoms with Crippen LogP contribution >= 0.6 is 12.4 Å². The molecule has 1 atom stereocenters. The minimum absolute atomic E-state index is 0. The van der Waals surface area contributed by atoms with Crippen molar-refractivity contribution in [2.24, 2.45) is 5.73 Å². The van der Waals surface area contributed by atoms with Crippen LogP contribution in [0.4, 0.5) is 17.6 Å². The Hall–Kier alpha value is -1.07.